The fourth-order valence-corrected chi connectivity index (χ4v) is 2.33. The van der Waals surface area contributed by atoms with Gasteiger partial charge in [0.1, 0.15) is 18.3 Å². The molecule has 0 aliphatic heterocycles. The van der Waals surface area contributed by atoms with Gasteiger partial charge in [-0.25, -0.2) is 4.79 Å². The van der Waals surface area contributed by atoms with Gasteiger partial charge in [0, 0.05) is 5.56 Å². The van der Waals surface area contributed by atoms with Gasteiger partial charge in [-0.1, -0.05) is 32.4 Å². The van der Waals surface area contributed by atoms with Gasteiger partial charge in [0.15, 0.2) is 0 Å². The Morgan fingerprint density at radius 3 is 2.73 bits per heavy atom. The third-order valence-electron chi connectivity index (χ3n) is 4.05. The molecule has 2 aromatic rings. The fourth-order valence-electron chi connectivity index (χ4n) is 2.33. The highest BCUT2D eigenvalue weighted by Crippen LogP contribution is 2.19. The van der Waals surface area contributed by atoms with Gasteiger partial charge >= 0.3 is 5.97 Å². The third kappa shape index (κ3) is 4.78. The van der Waals surface area contributed by atoms with Gasteiger partial charge in [0.2, 0.25) is 11.7 Å². The molecule has 140 valence electrons. The summed E-state index contributed by atoms with van der Waals surface area (Å²) in [6, 6.07) is 6.51. The quantitative estimate of drug-likeness (QED) is 0.700. The zero-order valence-electron chi connectivity index (χ0n) is 15.3. The molecule has 0 radical (unpaired) electrons. The zero-order valence-corrected chi connectivity index (χ0v) is 15.3. The fraction of sp³-hybridized carbons (Fsp3) is 0.471. The number of nitrogens with one attached hydrogen (secondary N) is 1. The number of aromatic nitrogens is 4. The lowest BCUT2D eigenvalue weighted by Gasteiger charge is -2.21. The van der Waals surface area contributed by atoms with Gasteiger partial charge in [0.25, 0.3) is 0 Å². The molecule has 26 heavy (non-hydrogen) atoms. The minimum Gasteiger partial charge on any atom is -0.497 e. The van der Waals surface area contributed by atoms with E-state index in [-0.39, 0.29) is 12.5 Å². The average Bonchev–Trinajstić information content (AvgIpc) is 3.13. The van der Waals surface area contributed by atoms with Crippen LogP contribution in [0.5, 0.6) is 5.75 Å². The Hall–Kier alpha value is -2.97. The molecule has 9 heteroatoms. The van der Waals surface area contributed by atoms with Crippen LogP contribution in [0.2, 0.25) is 0 Å². The van der Waals surface area contributed by atoms with Crippen LogP contribution in [-0.4, -0.2) is 52.3 Å². The molecule has 1 N–H and O–H groups in total. The number of hydrogen-bond acceptors (Lipinski definition) is 7. The number of amides is 1. The van der Waals surface area contributed by atoms with Crippen LogP contribution < -0.4 is 10.1 Å². The van der Waals surface area contributed by atoms with E-state index < -0.39 is 17.9 Å². The molecule has 1 aromatic carbocycles. The van der Waals surface area contributed by atoms with E-state index in [1.807, 2.05) is 32.0 Å². The molecule has 1 heterocycles. The number of tetrazole rings is 1. The number of esters is 1. The maximum Gasteiger partial charge on any atom is 0.328 e. The Bertz CT molecular complexity index is 761. The highest BCUT2D eigenvalue weighted by molar-refractivity contribution is 5.84. The SMILES string of the molecule is CC[C@@H](C)[C@@H](NC(=O)Cn1nnc(-c2cccc(OC)c2)n1)C(=O)OC. The monoisotopic (exact) mass is 361 g/mol. The number of carbonyl (C=O) groups is 2. The molecule has 2 atom stereocenters. The highest BCUT2D eigenvalue weighted by atomic mass is 16.5. The number of hydrogen-bond donors (Lipinski definition) is 1. The second kappa shape index (κ2) is 8.93. The summed E-state index contributed by atoms with van der Waals surface area (Å²) in [5.41, 5.74) is 0.725. The Kier molecular flexibility index (Phi) is 6.65. The molecule has 2 rings (SSSR count). The molecule has 1 amide bonds. The van der Waals surface area contributed by atoms with Crippen molar-refractivity contribution in [3.05, 3.63) is 24.3 Å². The molecule has 0 fully saturated rings. The van der Waals surface area contributed by atoms with E-state index in [1.165, 1.54) is 11.9 Å². The van der Waals surface area contributed by atoms with Gasteiger partial charge in [-0.2, -0.15) is 4.80 Å². The Morgan fingerprint density at radius 2 is 2.08 bits per heavy atom. The van der Waals surface area contributed by atoms with Crippen LogP contribution in [0.25, 0.3) is 11.4 Å². The molecule has 0 spiro atoms. The number of methoxy groups -OCH3 is 2. The van der Waals surface area contributed by atoms with E-state index in [4.69, 9.17) is 9.47 Å². The van der Waals surface area contributed by atoms with Crippen molar-refractivity contribution in [2.45, 2.75) is 32.9 Å². The lowest BCUT2D eigenvalue weighted by molar-refractivity contribution is -0.146. The molecular formula is C17H23N5O4. The Morgan fingerprint density at radius 1 is 1.31 bits per heavy atom. The summed E-state index contributed by atoms with van der Waals surface area (Å²) in [4.78, 5) is 25.3. The first kappa shape index (κ1) is 19.4. The zero-order chi connectivity index (χ0) is 19.1. The first-order valence-electron chi connectivity index (χ1n) is 8.27. The van der Waals surface area contributed by atoms with Crippen molar-refractivity contribution < 1.29 is 19.1 Å². The van der Waals surface area contributed by atoms with Crippen LogP contribution in [0.4, 0.5) is 0 Å². The maximum absolute atomic E-state index is 12.2. The summed E-state index contributed by atoms with van der Waals surface area (Å²) in [5.74, 6) is 0.128. The van der Waals surface area contributed by atoms with Crippen molar-refractivity contribution in [2.24, 2.45) is 5.92 Å². The van der Waals surface area contributed by atoms with Crippen LogP contribution in [0.1, 0.15) is 20.3 Å². The number of benzene rings is 1. The average molecular weight is 361 g/mol. The second-order valence-electron chi connectivity index (χ2n) is 5.83. The topological polar surface area (TPSA) is 108 Å². The first-order valence-corrected chi connectivity index (χ1v) is 8.27. The van der Waals surface area contributed by atoms with Gasteiger partial charge in [0.05, 0.1) is 14.2 Å². The minimum absolute atomic E-state index is 0.0533. The van der Waals surface area contributed by atoms with Crippen LogP contribution in [0, 0.1) is 5.92 Å². The summed E-state index contributed by atoms with van der Waals surface area (Å²) in [6.07, 6.45) is 0.724. The van der Waals surface area contributed by atoms with E-state index in [1.54, 1.807) is 13.2 Å². The summed E-state index contributed by atoms with van der Waals surface area (Å²) in [5, 5.41) is 14.7. The van der Waals surface area contributed by atoms with Crippen molar-refractivity contribution >= 4 is 11.9 Å². The normalized spacial score (nSPS) is 12.9. The van der Waals surface area contributed by atoms with Crippen molar-refractivity contribution in [2.75, 3.05) is 14.2 Å². The predicted octanol–water partition coefficient (Wildman–Crippen LogP) is 1.05. The largest absolute Gasteiger partial charge is 0.497 e. The van der Waals surface area contributed by atoms with Crippen LogP contribution in [0.3, 0.4) is 0 Å². The van der Waals surface area contributed by atoms with E-state index in [2.05, 4.69) is 20.7 Å². The van der Waals surface area contributed by atoms with E-state index >= 15 is 0 Å². The van der Waals surface area contributed by atoms with Crippen LogP contribution in [-0.2, 0) is 20.9 Å². The van der Waals surface area contributed by atoms with Crippen molar-refractivity contribution in [3.63, 3.8) is 0 Å². The van der Waals surface area contributed by atoms with Gasteiger partial charge in [-0.05, 0) is 23.3 Å². The smallest absolute Gasteiger partial charge is 0.328 e. The Labute approximate surface area is 151 Å². The maximum atomic E-state index is 12.2. The molecule has 0 saturated heterocycles. The molecule has 0 saturated carbocycles. The standard InChI is InChI=1S/C17H23N5O4/c1-5-11(2)15(17(24)26-4)18-14(23)10-22-20-16(19-21-22)12-7-6-8-13(9-12)25-3/h6-9,11,15H,5,10H2,1-4H3,(H,18,23)/t11-,15-/m1/s1. The molecule has 0 unspecified atom stereocenters. The molecule has 0 bridgehead atoms. The van der Waals surface area contributed by atoms with Crippen molar-refractivity contribution in [1.82, 2.24) is 25.5 Å². The number of nitrogens with zero attached hydrogens (tertiary/aromatic N) is 4. The van der Waals surface area contributed by atoms with Crippen LogP contribution in [0.15, 0.2) is 24.3 Å². The number of carbonyl (C=O) groups excluding carboxylic acids is 2. The van der Waals surface area contributed by atoms with Gasteiger partial charge in [-0.15, -0.1) is 10.2 Å². The van der Waals surface area contributed by atoms with E-state index in [9.17, 15) is 9.59 Å². The molecule has 0 aliphatic rings. The second-order valence-corrected chi connectivity index (χ2v) is 5.83. The van der Waals surface area contributed by atoms with Crippen LogP contribution >= 0.6 is 0 Å². The lowest BCUT2D eigenvalue weighted by Crippen LogP contribution is -2.46. The number of ether oxygens (including phenoxy) is 2. The van der Waals surface area contributed by atoms with Gasteiger partial charge < -0.3 is 14.8 Å². The first-order chi connectivity index (χ1) is 12.5. The lowest BCUT2D eigenvalue weighted by atomic mass is 9.99. The summed E-state index contributed by atoms with van der Waals surface area (Å²) in [6.45, 7) is 3.66. The number of rotatable bonds is 8. The minimum atomic E-state index is -0.709. The summed E-state index contributed by atoms with van der Waals surface area (Å²) < 4.78 is 9.92. The van der Waals surface area contributed by atoms with E-state index in [0.29, 0.717) is 11.6 Å². The Balaban J connectivity index is 2.05. The van der Waals surface area contributed by atoms with Gasteiger partial charge in [-0.3, -0.25) is 4.79 Å². The third-order valence-corrected chi connectivity index (χ3v) is 4.05. The molecular weight excluding hydrogens is 338 g/mol. The molecule has 9 nitrogen and oxygen atoms in total. The van der Waals surface area contributed by atoms with E-state index in [0.717, 1.165) is 12.0 Å². The molecule has 0 aliphatic carbocycles. The molecule has 1 aromatic heterocycles. The summed E-state index contributed by atoms with van der Waals surface area (Å²) >= 11 is 0. The highest BCUT2D eigenvalue weighted by Gasteiger charge is 2.26. The van der Waals surface area contributed by atoms with Crippen molar-refractivity contribution in [1.29, 1.82) is 0 Å². The predicted molar refractivity (Wildman–Crippen MR) is 93.2 cm³/mol. The summed E-state index contributed by atoms with van der Waals surface area (Å²) in [7, 11) is 2.87. The van der Waals surface area contributed by atoms with Crippen molar-refractivity contribution in [3.8, 4) is 17.1 Å².